The molecule has 0 aromatic heterocycles. The molecule has 0 aliphatic rings. The lowest BCUT2D eigenvalue weighted by Crippen LogP contribution is -2.40. The molecule has 0 radical (unpaired) electrons. The average molecular weight is 651 g/mol. The van der Waals surface area contributed by atoms with Gasteiger partial charge in [-0.15, -0.1) is 0 Å². The minimum absolute atomic E-state index is 0.0625. The van der Waals surface area contributed by atoms with Crippen LogP contribution in [0.2, 0.25) is 18.1 Å². The van der Waals surface area contributed by atoms with Gasteiger partial charge in [0.2, 0.25) is 0 Å². The lowest BCUT2D eigenvalue weighted by molar-refractivity contribution is -0.140. The van der Waals surface area contributed by atoms with Gasteiger partial charge in [-0.05, 0) is 56.7 Å². The van der Waals surface area contributed by atoms with Crippen LogP contribution in [0.15, 0.2) is 12.2 Å². The summed E-state index contributed by atoms with van der Waals surface area (Å²) in [6, 6.07) is 0. The van der Waals surface area contributed by atoms with Crippen LogP contribution < -0.4 is 0 Å². The molecule has 0 N–H and O–H groups in total. The van der Waals surface area contributed by atoms with E-state index in [-0.39, 0.29) is 5.97 Å². The number of methoxy groups -OCH3 is 1. The van der Waals surface area contributed by atoms with Gasteiger partial charge in [0, 0.05) is 13.0 Å². The summed E-state index contributed by atoms with van der Waals surface area (Å²) in [6.45, 7) is 12.7. The zero-order valence-corrected chi connectivity index (χ0v) is 32.8. The third kappa shape index (κ3) is 31.7. The lowest BCUT2D eigenvalue weighted by Gasteiger charge is -2.36. The maximum Gasteiger partial charge on any atom is 0.305 e. The zero-order valence-electron chi connectivity index (χ0n) is 31.8. The second-order valence-electron chi connectivity index (χ2n) is 15.5. The number of rotatable bonds is 34. The molecule has 0 amide bonds. The Morgan fingerprint density at radius 3 is 1.09 bits per heavy atom. The van der Waals surface area contributed by atoms with Gasteiger partial charge in [-0.2, -0.15) is 0 Å². The third-order valence-corrected chi connectivity index (χ3v) is 14.7. The second-order valence-corrected chi connectivity index (χ2v) is 20.3. The molecule has 0 bridgehead atoms. The Bertz CT molecular complexity index is 652. The van der Waals surface area contributed by atoms with Crippen LogP contribution in [0.5, 0.6) is 0 Å². The summed E-state index contributed by atoms with van der Waals surface area (Å²) >= 11 is 0. The molecule has 3 nitrogen and oxygen atoms in total. The summed E-state index contributed by atoms with van der Waals surface area (Å²) in [5.41, 5.74) is 0. The highest BCUT2D eigenvalue weighted by atomic mass is 28.4. The van der Waals surface area contributed by atoms with E-state index < -0.39 is 8.32 Å². The van der Waals surface area contributed by atoms with E-state index in [0.717, 1.165) is 13.0 Å². The molecular formula is C41H82O3Si. The number of hydrogen-bond donors (Lipinski definition) is 0. The number of hydrogen-bond acceptors (Lipinski definition) is 3. The van der Waals surface area contributed by atoms with Crippen molar-refractivity contribution in [1.29, 1.82) is 0 Å². The van der Waals surface area contributed by atoms with Crippen molar-refractivity contribution in [2.45, 2.75) is 232 Å². The Hall–Kier alpha value is -0.613. The van der Waals surface area contributed by atoms with Crippen LogP contribution in [0.1, 0.15) is 213 Å². The van der Waals surface area contributed by atoms with E-state index in [0.29, 0.717) is 11.5 Å². The van der Waals surface area contributed by atoms with Crippen LogP contribution in [-0.2, 0) is 14.0 Å². The molecule has 0 aromatic carbocycles. The smallest absolute Gasteiger partial charge is 0.305 e. The van der Waals surface area contributed by atoms with Crippen LogP contribution in [0.4, 0.5) is 0 Å². The second kappa shape index (κ2) is 32.0. The van der Waals surface area contributed by atoms with Crippen LogP contribution in [-0.4, -0.2) is 28.0 Å². The normalized spacial score (nSPS) is 12.4. The van der Waals surface area contributed by atoms with Crippen molar-refractivity contribution >= 4 is 14.3 Å². The predicted molar refractivity (Wildman–Crippen MR) is 203 cm³/mol. The minimum Gasteiger partial charge on any atom is -0.469 e. The maximum atomic E-state index is 11.1. The van der Waals surface area contributed by atoms with E-state index in [1.807, 2.05) is 0 Å². The van der Waals surface area contributed by atoms with Crippen LogP contribution >= 0.6 is 0 Å². The van der Waals surface area contributed by atoms with Crippen molar-refractivity contribution in [3.05, 3.63) is 12.2 Å². The summed E-state index contributed by atoms with van der Waals surface area (Å²) in [4.78, 5) is 11.1. The first-order valence-corrected chi connectivity index (χ1v) is 23.0. The van der Waals surface area contributed by atoms with Gasteiger partial charge in [0.05, 0.1) is 7.11 Å². The van der Waals surface area contributed by atoms with Gasteiger partial charge in [-0.3, -0.25) is 4.79 Å². The van der Waals surface area contributed by atoms with Gasteiger partial charge in [0.1, 0.15) is 0 Å². The first kappa shape index (κ1) is 44.4. The van der Waals surface area contributed by atoms with E-state index >= 15 is 0 Å². The fourth-order valence-corrected chi connectivity index (χ4v) is 6.93. The van der Waals surface area contributed by atoms with E-state index in [1.54, 1.807) is 0 Å². The van der Waals surface area contributed by atoms with Crippen molar-refractivity contribution in [2.75, 3.05) is 13.7 Å². The Balaban J connectivity index is 3.19. The largest absolute Gasteiger partial charge is 0.469 e. The first-order valence-electron chi connectivity index (χ1n) is 20.1. The summed E-state index contributed by atoms with van der Waals surface area (Å²) in [7, 11) is -0.0684. The van der Waals surface area contributed by atoms with Crippen molar-refractivity contribution in [3.63, 3.8) is 0 Å². The van der Waals surface area contributed by atoms with Crippen molar-refractivity contribution in [2.24, 2.45) is 0 Å². The third-order valence-electron chi connectivity index (χ3n) is 10.2. The molecule has 0 atom stereocenters. The number of carbonyl (C=O) groups excluding carboxylic acids is 1. The quantitative estimate of drug-likeness (QED) is 0.0301. The Morgan fingerprint density at radius 1 is 0.489 bits per heavy atom. The summed E-state index contributed by atoms with van der Waals surface area (Å²) < 4.78 is 11.0. The summed E-state index contributed by atoms with van der Waals surface area (Å²) in [5, 5.41) is 0.333. The molecule has 0 aliphatic carbocycles. The van der Waals surface area contributed by atoms with Crippen LogP contribution in [0.3, 0.4) is 0 Å². The molecule has 0 fully saturated rings. The van der Waals surface area contributed by atoms with Gasteiger partial charge in [0.15, 0.2) is 8.32 Å². The van der Waals surface area contributed by atoms with Crippen molar-refractivity contribution in [1.82, 2.24) is 0 Å². The Kier molecular flexibility index (Phi) is 31.5. The number of unbranched alkanes of at least 4 members (excludes halogenated alkanes) is 27. The molecule has 0 aliphatic heterocycles. The fourth-order valence-electron chi connectivity index (χ4n) is 5.84. The molecule has 0 saturated carbocycles. The first-order chi connectivity index (χ1) is 21.7. The molecule has 0 saturated heterocycles. The highest BCUT2D eigenvalue weighted by molar-refractivity contribution is 6.74. The van der Waals surface area contributed by atoms with E-state index in [9.17, 15) is 4.79 Å². The summed E-state index contributed by atoms with van der Waals surface area (Å²) in [5.74, 6) is -0.0625. The average Bonchev–Trinajstić information content (AvgIpc) is 3.00. The molecule has 268 valence electrons. The standard InChI is InChI=1S/C41H82O3Si/c1-41(2,3)45(5,6)44-39-37-35-33-31-29-27-25-23-21-19-17-15-13-11-9-7-8-10-12-14-16-18-20-22-24-26-28-30-32-34-36-38-40(42)43-4/h21,23H,7-20,22,24-39H2,1-6H3/b23-21-. The van der Waals surface area contributed by atoms with Crippen LogP contribution in [0.25, 0.3) is 0 Å². The van der Waals surface area contributed by atoms with Crippen molar-refractivity contribution in [3.8, 4) is 0 Å². The van der Waals surface area contributed by atoms with Gasteiger partial charge in [-0.25, -0.2) is 0 Å². The monoisotopic (exact) mass is 651 g/mol. The number of ether oxygens (including phenoxy) is 1. The molecule has 4 heteroatoms. The number of carbonyl (C=O) groups is 1. The fraction of sp³-hybridized carbons (Fsp3) is 0.927. The molecule has 0 heterocycles. The SMILES string of the molecule is COC(=O)CCCCCCCCCCCCCCCCCCCCCCC/C=C\CCCCCCCCO[Si](C)(C)C(C)(C)C. The molecule has 0 aromatic rings. The highest BCUT2D eigenvalue weighted by Crippen LogP contribution is 2.36. The highest BCUT2D eigenvalue weighted by Gasteiger charge is 2.36. The number of esters is 1. The Labute approximate surface area is 285 Å². The molecular weight excluding hydrogens is 569 g/mol. The molecule has 0 spiro atoms. The number of allylic oxidation sites excluding steroid dienone is 2. The van der Waals surface area contributed by atoms with E-state index in [1.165, 1.54) is 187 Å². The molecule has 0 rings (SSSR count). The van der Waals surface area contributed by atoms with Gasteiger partial charge >= 0.3 is 5.97 Å². The molecule has 45 heavy (non-hydrogen) atoms. The minimum atomic E-state index is -1.55. The lowest BCUT2D eigenvalue weighted by atomic mass is 10.0. The predicted octanol–water partition coefficient (Wildman–Crippen LogP) is 14.4. The van der Waals surface area contributed by atoms with Crippen molar-refractivity contribution < 1.29 is 14.0 Å². The van der Waals surface area contributed by atoms with Gasteiger partial charge < -0.3 is 9.16 Å². The van der Waals surface area contributed by atoms with E-state index in [4.69, 9.17) is 4.43 Å². The zero-order chi connectivity index (χ0) is 33.3. The van der Waals surface area contributed by atoms with E-state index in [2.05, 4.69) is 50.8 Å². The van der Waals surface area contributed by atoms with Crippen LogP contribution in [0, 0.1) is 0 Å². The topological polar surface area (TPSA) is 35.5 Å². The maximum absolute atomic E-state index is 11.1. The Morgan fingerprint density at radius 2 is 0.778 bits per heavy atom. The summed E-state index contributed by atoms with van der Waals surface area (Å²) in [6.07, 6.45) is 45.2. The molecule has 0 unspecified atom stereocenters. The van der Waals surface area contributed by atoms with Gasteiger partial charge in [-0.1, -0.05) is 181 Å². The van der Waals surface area contributed by atoms with Gasteiger partial charge in [0.25, 0.3) is 0 Å².